The zero-order valence-electron chi connectivity index (χ0n) is 10.4. The molecule has 2 atom stereocenters. The van der Waals surface area contributed by atoms with Crippen LogP contribution in [0.1, 0.15) is 25.3 Å². The molecule has 18 heavy (non-hydrogen) atoms. The zero-order valence-corrected chi connectivity index (χ0v) is 10.4. The monoisotopic (exact) mass is 242 g/mol. The van der Waals surface area contributed by atoms with Gasteiger partial charge in [0, 0.05) is 24.0 Å². The number of hydrogen-bond acceptors (Lipinski definition) is 3. The summed E-state index contributed by atoms with van der Waals surface area (Å²) in [6, 6.07) is 4.53. The average molecular weight is 242 g/mol. The molecule has 94 valence electrons. The second-order valence-corrected chi connectivity index (χ2v) is 4.92. The first-order valence-electron chi connectivity index (χ1n) is 6.52. The maximum atomic E-state index is 5.87. The van der Waals surface area contributed by atoms with Gasteiger partial charge in [-0.25, -0.2) is 4.98 Å². The zero-order chi connectivity index (χ0) is 12.4. The smallest absolute Gasteiger partial charge is 0.0953 e. The summed E-state index contributed by atoms with van der Waals surface area (Å²) in [5, 5.41) is 0. The molecule has 0 amide bonds. The van der Waals surface area contributed by atoms with Crippen molar-refractivity contribution < 1.29 is 0 Å². The predicted octanol–water partition coefficient (Wildman–Crippen LogP) is 2.25. The molecule has 2 N–H and O–H groups in total. The molecule has 3 rings (SSSR count). The van der Waals surface area contributed by atoms with Crippen LogP contribution in [0.5, 0.6) is 0 Å². The number of aromatic nitrogens is 3. The molecule has 4 heteroatoms. The van der Waals surface area contributed by atoms with Gasteiger partial charge in [0.05, 0.1) is 18.2 Å². The van der Waals surface area contributed by atoms with Gasteiger partial charge in [-0.1, -0.05) is 6.42 Å². The molecule has 1 aliphatic rings. The molecule has 0 aliphatic heterocycles. The second-order valence-electron chi connectivity index (χ2n) is 4.92. The first-order valence-corrected chi connectivity index (χ1v) is 6.52. The van der Waals surface area contributed by atoms with E-state index in [1.165, 1.54) is 19.3 Å². The number of hydrogen-bond donors (Lipinski definition) is 1. The van der Waals surface area contributed by atoms with E-state index in [1.807, 2.05) is 24.8 Å². The van der Waals surface area contributed by atoms with Crippen LogP contribution in [0.4, 0.5) is 0 Å². The lowest BCUT2D eigenvalue weighted by Crippen LogP contribution is -2.21. The van der Waals surface area contributed by atoms with Crippen molar-refractivity contribution in [3.05, 3.63) is 37.1 Å². The third-order valence-corrected chi connectivity index (χ3v) is 3.90. The quantitative estimate of drug-likeness (QED) is 0.898. The van der Waals surface area contributed by atoms with Crippen molar-refractivity contribution in [1.82, 2.24) is 14.5 Å². The number of rotatable bonds is 3. The van der Waals surface area contributed by atoms with Crippen LogP contribution in [-0.4, -0.2) is 21.1 Å². The molecule has 1 aliphatic carbocycles. The van der Waals surface area contributed by atoms with Crippen LogP contribution in [0.3, 0.4) is 0 Å². The Morgan fingerprint density at radius 3 is 3.00 bits per heavy atom. The molecule has 2 aromatic heterocycles. The Balaban J connectivity index is 1.97. The van der Waals surface area contributed by atoms with Crippen LogP contribution in [0.25, 0.3) is 11.3 Å². The highest BCUT2D eigenvalue weighted by atomic mass is 15.1. The summed E-state index contributed by atoms with van der Waals surface area (Å²) in [4.78, 5) is 8.49. The molecular weight excluding hydrogens is 224 g/mol. The van der Waals surface area contributed by atoms with Crippen LogP contribution >= 0.6 is 0 Å². The van der Waals surface area contributed by atoms with Crippen molar-refractivity contribution in [3.63, 3.8) is 0 Å². The molecule has 0 saturated heterocycles. The Morgan fingerprint density at radius 2 is 2.22 bits per heavy atom. The molecule has 1 saturated carbocycles. The Kier molecular flexibility index (Phi) is 3.11. The SMILES string of the molecule is NCC1CCCC1n1cncc1-c1cccnc1. The molecule has 0 bridgehead atoms. The number of pyridine rings is 1. The fourth-order valence-corrected chi connectivity index (χ4v) is 2.97. The fraction of sp³-hybridized carbons (Fsp3) is 0.429. The van der Waals surface area contributed by atoms with E-state index >= 15 is 0 Å². The van der Waals surface area contributed by atoms with Gasteiger partial charge in [0.25, 0.3) is 0 Å². The Hall–Kier alpha value is -1.68. The maximum Gasteiger partial charge on any atom is 0.0953 e. The lowest BCUT2D eigenvalue weighted by atomic mass is 10.0. The van der Waals surface area contributed by atoms with E-state index in [0.29, 0.717) is 12.0 Å². The Morgan fingerprint density at radius 1 is 1.28 bits per heavy atom. The van der Waals surface area contributed by atoms with Gasteiger partial charge in [-0.15, -0.1) is 0 Å². The maximum absolute atomic E-state index is 5.87. The lowest BCUT2D eigenvalue weighted by molar-refractivity contribution is 0.390. The van der Waals surface area contributed by atoms with Crippen molar-refractivity contribution in [2.24, 2.45) is 11.7 Å². The molecular formula is C14H18N4. The minimum atomic E-state index is 0.493. The van der Waals surface area contributed by atoms with Crippen molar-refractivity contribution in [1.29, 1.82) is 0 Å². The van der Waals surface area contributed by atoms with Crippen molar-refractivity contribution in [2.45, 2.75) is 25.3 Å². The summed E-state index contributed by atoms with van der Waals surface area (Å²) in [6.07, 6.45) is 11.2. The molecule has 0 aromatic carbocycles. The summed E-state index contributed by atoms with van der Waals surface area (Å²) in [5.74, 6) is 0.578. The van der Waals surface area contributed by atoms with Crippen LogP contribution < -0.4 is 5.73 Å². The number of nitrogens with zero attached hydrogens (tertiary/aromatic N) is 3. The highest BCUT2D eigenvalue weighted by molar-refractivity contribution is 5.57. The molecule has 2 unspecified atom stereocenters. The third kappa shape index (κ3) is 1.93. The molecule has 4 nitrogen and oxygen atoms in total. The van der Waals surface area contributed by atoms with Crippen molar-refractivity contribution in [3.8, 4) is 11.3 Å². The van der Waals surface area contributed by atoms with Crippen molar-refractivity contribution in [2.75, 3.05) is 6.54 Å². The van der Waals surface area contributed by atoms with Gasteiger partial charge in [-0.05, 0) is 37.4 Å². The van der Waals surface area contributed by atoms with E-state index < -0.39 is 0 Å². The van der Waals surface area contributed by atoms with Gasteiger partial charge in [0.2, 0.25) is 0 Å². The summed E-state index contributed by atoms with van der Waals surface area (Å²) < 4.78 is 2.28. The Bertz CT molecular complexity index is 506. The van der Waals surface area contributed by atoms with E-state index in [-0.39, 0.29) is 0 Å². The fourth-order valence-electron chi connectivity index (χ4n) is 2.97. The second kappa shape index (κ2) is 4.90. The lowest BCUT2D eigenvalue weighted by Gasteiger charge is -2.21. The molecule has 2 heterocycles. The summed E-state index contributed by atoms with van der Waals surface area (Å²) >= 11 is 0. The largest absolute Gasteiger partial charge is 0.330 e. The minimum Gasteiger partial charge on any atom is -0.330 e. The van der Waals surface area contributed by atoms with Gasteiger partial charge in [-0.2, -0.15) is 0 Å². The van der Waals surface area contributed by atoms with E-state index in [0.717, 1.165) is 17.8 Å². The predicted molar refractivity (Wildman–Crippen MR) is 70.9 cm³/mol. The highest BCUT2D eigenvalue weighted by Gasteiger charge is 2.28. The molecule has 2 aromatic rings. The van der Waals surface area contributed by atoms with Crippen LogP contribution in [-0.2, 0) is 0 Å². The first-order chi connectivity index (χ1) is 8.90. The van der Waals surface area contributed by atoms with E-state index in [1.54, 1.807) is 6.20 Å². The minimum absolute atomic E-state index is 0.493. The summed E-state index contributed by atoms with van der Waals surface area (Å²) in [7, 11) is 0. The molecule has 0 radical (unpaired) electrons. The van der Waals surface area contributed by atoms with E-state index in [2.05, 4.69) is 20.6 Å². The highest BCUT2D eigenvalue weighted by Crippen LogP contribution is 2.37. The van der Waals surface area contributed by atoms with Crippen molar-refractivity contribution >= 4 is 0 Å². The summed E-state index contributed by atoms with van der Waals surface area (Å²) in [6.45, 7) is 0.759. The van der Waals surface area contributed by atoms with Crippen LogP contribution in [0, 0.1) is 5.92 Å². The average Bonchev–Trinajstić information content (AvgIpc) is 3.07. The first kappa shape index (κ1) is 11.4. The van der Waals surface area contributed by atoms with E-state index in [4.69, 9.17) is 5.73 Å². The van der Waals surface area contributed by atoms with Crippen LogP contribution in [0.15, 0.2) is 37.1 Å². The molecule has 0 spiro atoms. The topological polar surface area (TPSA) is 56.7 Å². The van der Waals surface area contributed by atoms with Gasteiger partial charge >= 0.3 is 0 Å². The third-order valence-electron chi connectivity index (χ3n) is 3.90. The number of imidazole rings is 1. The van der Waals surface area contributed by atoms with Gasteiger partial charge in [0.15, 0.2) is 0 Å². The Labute approximate surface area is 107 Å². The standard InChI is InChI=1S/C14H18N4/c15-7-11-3-1-5-13(11)18-10-17-9-14(18)12-4-2-6-16-8-12/h2,4,6,8-11,13H,1,3,5,7,15H2. The van der Waals surface area contributed by atoms with Gasteiger partial charge in [0.1, 0.15) is 0 Å². The molecule has 1 fully saturated rings. The van der Waals surface area contributed by atoms with E-state index in [9.17, 15) is 0 Å². The number of nitrogens with two attached hydrogens (primary N) is 1. The van der Waals surface area contributed by atoms with Gasteiger partial charge < -0.3 is 10.3 Å². The van der Waals surface area contributed by atoms with Crippen LogP contribution in [0.2, 0.25) is 0 Å². The summed E-state index contributed by atoms with van der Waals surface area (Å²) in [5.41, 5.74) is 8.14. The van der Waals surface area contributed by atoms with Gasteiger partial charge in [-0.3, -0.25) is 4.98 Å². The normalized spacial score (nSPS) is 23.4.